The number of nitrogens with zero attached hydrogens (tertiary/aromatic N) is 1. The number of carbonyl (C=O) groups is 1. The Morgan fingerprint density at radius 1 is 0.909 bits per heavy atom. The first-order chi connectivity index (χ1) is 16.2. The van der Waals surface area contributed by atoms with Crippen LogP contribution < -0.4 is 15.5 Å². The number of amides is 1. The Labute approximate surface area is 196 Å². The van der Waals surface area contributed by atoms with Gasteiger partial charge in [0, 0.05) is 36.1 Å². The molecule has 1 saturated carbocycles. The van der Waals surface area contributed by atoms with Crippen LogP contribution in [0.4, 0.5) is 11.4 Å². The van der Waals surface area contributed by atoms with Crippen LogP contribution in [0.3, 0.4) is 0 Å². The first-order valence-electron chi connectivity index (χ1n) is 12.2. The van der Waals surface area contributed by atoms with E-state index in [1.165, 1.54) is 43.4 Å². The highest BCUT2D eigenvalue weighted by atomic mass is 16.3. The molecule has 1 saturated heterocycles. The molecular formula is C28H33N3O2. The van der Waals surface area contributed by atoms with Gasteiger partial charge in [0.1, 0.15) is 5.76 Å². The van der Waals surface area contributed by atoms with Crippen molar-refractivity contribution in [3.63, 3.8) is 0 Å². The van der Waals surface area contributed by atoms with Crippen molar-refractivity contribution in [3.05, 3.63) is 72.0 Å². The average Bonchev–Trinajstić information content (AvgIpc) is 3.56. The maximum absolute atomic E-state index is 12.7. The molecule has 1 amide bonds. The number of hydrogen-bond acceptors (Lipinski definition) is 4. The highest BCUT2D eigenvalue weighted by molar-refractivity contribution is 6.02. The van der Waals surface area contributed by atoms with E-state index in [1.54, 1.807) is 6.07 Å². The van der Waals surface area contributed by atoms with Crippen molar-refractivity contribution in [2.45, 2.75) is 50.5 Å². The molecule has 2 heterocycles. The summed E-state index contributed by atoms with van der Waals surface area (Å²) in [5, 5.41) is 6.29. The van der Waals surface area contributed by atoms with Crippen LogP contribution >= 0.6 is 0 Å². The molecule has 2 aliphatic rings. The number of hydrogen-bond donors (Lipinski definition) is 2. The molecule has 3 aromatic rings. The maximum Gasteiger partial charge on any atom is 0.291 e. The molecule has 5 nitrogen and oxygen atoms in total. The van der Waals surface area contributed by atoms with E-state index in [-0.39, 0.29) is 5.91 Å². The summed E-state index contributed by atoms with van der Waals surface area (Å²) in [4.78, 5) is 15.1. The zero-order valence-corrected chi connectivity index (χ0v) is 19.3. The van der Waals surface area contributed by atoms with Gasteiger partial charge in [-0.1, -0.05) is 43.5 Å². The molecule has 1 aliphatic carbocycles. The fourth-order valence-electron chi connectivity index (χ4n) is 5.15. The van der Waals surface area contributed by atoms with Gasteiger partial charge in [-0.2, -0.15) is 0 Å². The van der Waals surface area contributed by atoms with Gasteiger partial charge in [0.2, 0.25) is 0 Å². The second-order valence-electron chi connectivity index (χ2n) is 9.34. The van der Waals surface area contributed by atoms with Gasteiger partial charge in [0.15, 0.2) is 5.76 Å². The third kappa shape index (κ3) is 4.98. The van der Waals surface area contributed by atoms with Crippen molar-refractivity contribution in [1.82, 2.24) is 5.32 Å². The van der Waals surface area contributed by atoms with Crippen LogP contribution in [0.1, 0.15) is 60.6 Å². The van der Waals surface area contributed by atoms with Crippen LogP contribution in [-0.2, 0) is 0 Å². The van der Waals surface area contributed by atoms with E-state index in [1.807, 2.05) is 25.2 Å². The highest BCUT2D eigenvalue weighted by Crippen LogP contribution is 2.34. The van der Waals surface area contributed by atoms with Crippen LogP contribution in [0, 0.1) is 0 Å². The summed E-state index contributed by atoms with van der Waals surface area (Å²) in [6, 6.07) is 20.9. The van der Waals surface area contributed by atoms with Crippen molar-refractivity contribution in [3.8, 4) is 11.3 Å². The van der Waals surface area contributed by atoms with Crippen LogP contribution in [0.15, 0.2) is 65.1 Å². The van der Waals surface area contributed by atoms with Crippen LogP contribution in [0.25, 0.3) is 11.3 Å². The monoisotopic (exact) mass is 443 g/mol. The Hall–Kier alpha value is -3.05. The molecule has 0 bridgehead atoms. The SMILES string of the molecule is CNC1CCN(c2ccc(NC(=O)c3ccc(-c4ccc(C5CCCCC5)cc4)o3)cc2)C1. The smallest absolute Gasteiger partial charge is 0.291 e. The van der Waals surface area contributed by atoms with Gasteiger partial charge in [-0.15, -0.1) is 0 Å². The van der Waals surface area contributed by atoms with E-state index in [4.69, 9.17) is 4.42 Å². The maximum atomic E-state index is 12.7. The van der Waals surface area contributed by atoms with E-state index in [2.05, 4.69) is 51.9 Å². The van der Waals surface area contributed by atoms with Gasteiger partial charge in [-0.3, -0.25) is 4.79 Å². The van der Waals surface area contributed by atoms with Crippen molar-refractivity contribution < 1.29 is 9.21 Å². The average molecular weight is 444 g/mol. The zero-order chi connectivity index (χ0) is 22.6. The molecule has 2 aromatic carbocycles. The minimum Gasteiger partial charge on any atom is -0.451 e. The minimum atomic E-state index is -0.232. The number of carbonyl (C=O) groups excluding carboxylic acids is 1. The molecular weight excluding hydrogens is 410 g/mol. The molecule has 1 aliphatic heterocycles. The van der Waals surface area contributed by atoms with Gasteiger partial charge in [0.25, 0.3) is 5.91 Å². The summed E-state index contributed by atoms with van der Waals surface area (Å²) in [5.41, 5.74) is 4.37. The summed E-state index contributed by atoms with van der Waals surface area (Å²) in [6.07, 6.45) is 7.77. The fraction of sp³-hybridized carbons (Fsp3) is 0.393. The molecule has 172 valence electrons. The summed E-state index contributed by atoms with van der Waals surface area (Å²) in [5.74, 6) is 1.50. The lowest BCUT2D eigenvalue weighted by atomic mass is 9.84. The molecule has 5 heteroatoms. The Morgan fingerprint density at radius 3 is 2.36 bits per heavy atom. The number of likely N-dealkylation sites (N-methyl/N-ethyl adjacent to an activating group) is 1. The van der Waals surface area contributed by atoms with E-state index >= 15 is 0 Å². The second-order valence-corrected chi connectivity index (χ2v) is 9.34. The first-order valence-corrected chi connectivity index (χ1v) is 12.2. The number of furan rings is 1. The summed E-state index contributed by atoms with van der Waals surface area (Å²) in [6.45, 7) is 2.06. The third-order valence-electron chi connectivity index (χ3n) is 7.19. The molecule has 2 fully saturated rings. The Morgan fingerprint density at radius 2 is 1.67 bits per heavy atom. The normalized spacial score (nSPS) is 19.1. The second kappa shape index (κ2) is 9.84. The number of anilines is 2. The quantitative estimate of drug-likeness (QED) is 0.487. The number of rotatable bonds is 6. The van der Waals surface area contributed by atoms with Crippen LogP contribution in [-0.4, -0.2) is 32.1 Å². The topological polar surface area (TPSA) is 57.5 Å². The lowest BCUT2D eigenvalue weighted by Gasteiger charge is -2.21. The van der Waals surface area contributed by atoms with Crippen molar-refractivity contribution in [2.75, 3.05) is 30.4 Å². The standard InChI is InChI=1S/C28H33N3O2/c1-29-24-17-18-31(19-24)25-13-11-23(12-14-25)30-28(32)27-16-15-26(33-27)22-9-7-21(8-10-22)20-5-3-2-4-6-20/h7-16,20,24,29H,2-6,17-19H2,1H3,(H,30,32). The molecule has 1 aromatic heterocycles. The predicted octanol–water partition coefficient (Wildman–Crippen LogP) is 6.04. The summed E-state index contributed by atoms with van der Waals surface area (Å²) in [7, 11) is 2.01. The third-order valence-corrected chi connectivity index (χ3v) is 7.19. The van der Waals surface area contributed by atoms with Gasteiger partial charge in [0.05, 0.1) is 0 Å². The zero-order valence-electron chi connectivity index (χ0n) is 19.3. The first kappa shape index (κ1) is 21.8. The van der Waals surface area contributed by atoms with Crippen molar-refractivity contribution in [2.24, 2.45) is 0 Å². The predicted molar refractivity (Wildman–Crippen MR) is 134 cm³/mol. The Bertz CT molecular complexity index is 1070. The van der Waals surface area contributed by atoms with Crippen molar-refractivity contribution >= 4 is 17.3 Å². The van der Waals surface area contributed by atoms with Gasteiger partial charge in [-0.05, 0) is 74.2 Å². The number of nitrogens with one attached hydrogen (secondary N) is 2. The van der Waals surface area contributed by atoms with Gasteiger partial charge in [-0.25, -0.2) is 0 Å². The number of benzene rings is 2. The minimum absolute atomic E-state index is 0.232. The van der Waals surface area contributed by atoms with Gasteiger partial charge >= 0.3 is 0 Å². The molecule has 0 radical (unpaired) electrons. The molecule has 33 heavy (non-hydrogen) atoms. The van der Waals surface area contributed by atoms with E-state index in [0.29, 0.717) is 17.7 Å². The van der Waals surface area contributed by atoms with Gasteiger partial charge < -0.3 is 20.0 Å². The van der Waals surface area contributed by atoms with E-state index < -0.39 is 0 Å². The van der Waals surface area contributed by atoms with Crippen molar-refractivity contribution in [1.29, 1.82) is 0 Å². The van der Waals surface area contributed by atoms with Crippen LogP contribution in [0.2, 0.25) is 0 Å². The largest absolute Gasteiger partial charge is 0.451 e. The summed E-state index contributed by atoms with van der Waals surface area (Å²) < 4.78 is 5.89. The summed E-state index contributed by atoms with van der Waals surface area (Å²) >= 11 is 0. The Kier molecular flexibility index (Phi) is 6.49. The van der Waals surface area contributed by atoms with Crippen LogP contribution in [0.5, 0.6) is 0 Å². The van der Waals surface area contributed by atoms with E-state index in [0.717, 1.165) is 36.5 Å². The fourth-order valence-corrected chi connectivity index (χ4v) is 5.15. The lowest BCUT2D eigenvalue weighted by molar-refractivity contribution is 0.0997. The molecule has 0 spiro atoms. The Balaban J connectivity index is 1.20. The molecule has 1 atom stereocenters. The highest BCUT2D eigenvalue weighted by Gasteiger charge is 2.21. The lowest BCUT2D eigenvalue weighted by Crippen LogP contribution is -2.29. The molecule has 1 unspecified atom stereocenters. The van der Waals surface area contributed by atoms with E-state index in [9.17, 15) is 4.79 Å². The molecule has 2 N–H and O–H groups in total. The molecule has 5 rings (SSSR count).